The fourth-order valence-electron chi connectivity index (χ4n) is 1.49. The molecule has 0 saturated carbocycles. The Morgan fingerprint density at radius 2 is 2.00 bits per heavy atom. The third-order valence-electron chi connectivity index (χ3n) is 2.57. The van der Waals surface area contributed by atoms with Gasteiger partial charge in [0.15, 0.2) is 0 Å². The molecule has 0 bridgehead atoms. The first kappa shape index (κ1) is 12.8. The summed E-state index contributed by atoms with van der Waals surface area (Å²) in [5.41, 5.74) is 5.39. The van der Waals surface area contributed by atoms with Gasteiger partial charge in [0.2, 0.25) is 5.91 Å². The molecular formula is C10H21N3OS. The lowest BCUT2D eigenvalue weighted by Crippen LogP contribution is -2.47. The molecule has 1 heterocycles. The topological polar surface area (TPSA) is 49.6 Å². The van der Waals surface area contributed by atoms with E-state index in [2.05, 4.69) is 11.9 Å². The maximum Gasteiger partial charge on any atom is 0.232 e. The van der Waals surface area contributed by atoms with Crippen LogP contribution in [0.2, 0.25) is 0 Å². The van der Waals surface area contributed by atoms with E-state index < -0.39 is 0 Å². The molecule has 5 heteroatoms. The van der Waals surface area contributed by atoms with Gasteiger partial charge in [0.25, 0.3) is 0 Å². The van der Waals surface area contributed by atoms with Crippen molar-refractivity contribution in [3.63, 3.8) is 0 Å². The van der Waals surface area contributed by atoms with Crippen molar-refractivity contribution in [3.05, 3.63) is 0 Å². The zero-order chi connectivity index (χ0) is 11.1. The Labute approximate surface area is 96.2 Å². The van der Waals surface area contributed by atoms with Gasteiger partial charge in [0.1, 0.15) is 0 Å². The zero-order valence-corrected chi connectivity index (χ0v) is 10.3. The molecule has 2 N–H and O–H groups in total. The monoisotopic (exact) mass is 231 g/mol. The van der Waals surface area contributed by atoms with E-state index in [-0.39, 0.29) is 5.91 Å². The van der Waals surface area contributed by atoms with Crippen molar-refractivity contribution in [1.29, 1.82) is 0 Å². The summed E-state index contributed by atoms with van der Waals surface area (Å²) in [6.07, 6.45) is 1.00. The van der Waals surface area contributed by atoms with E-state index in [1.54, 1.807) is 11.8 Å². The van der Waals surface area contributed by atoms with Gasteiger partial charge in [-0.2, -0.15) is 11.8 Å². The highest BCUT2D eigenvalue weighted by molar-refractivity contribution is 7.99. The van der Waals surface area contributed by atoms with Gasteiger partial charge in [-0.05, 0) is 25.8 Å². The van der Waals surface area contributed by atoms with Gasteiger partial charge in [-0.1, -0.05) is 0 Å². The summed E-state index contributed by atoms with van der Waals surface area (Å²) in [5, 5.41) is 0. The van der Waals surface area contributed by atoms with E-state index in [1.165, 1.54) is 0 Å². The van der Waals surface area contributed by atoms with Gasteiger partial charge in [-0.15, -0.1) is 0 Å². The number of rotatable bonds is 5. The van der Waals surface area contributed by atoms with Crippen molar-refractivity contribution >= 4 is 17.7 Å². The number of amides is 1. The van der Waals surface area contributed by atoms with Crippen LogP contribution in [0.4, 0.5) is 0 Å². The summed E-state index contributed by atoms with van der Waals surface area (Å²) >= 11 is 1.70. The smallest absolute Gasteiger partial charge is 0.232 e. The van der Waals surface area contributed by atoms with Crippen LogP contribution in [0.1, 0.15) is 6.42 Å². The molecule has 15 heavy (non-hydrogen) atoms. The molecule has 0 aromatic rings. The predicted octanol–water partition coefficient (Wildman–Crippen LogP) is -0.158. The number of hydrogen-bond acceptors (Lipinski definition) is 4. The third kappa shape index (κ3) is 4.86. The van der Waals surface area contributed by atoms with Gasteiger partial charge in [-0.25, -0.2) is 0 Å². The van der Waals surface area contributed by atoms with Crippen LogP contribution in [0.15, 0.2) is 0 Å². The summed E-state index contributed by atoms with van der Waals surface area (Å²) in [5.74, 6) is 1.89. The number of thioether (sulfide) groups is 1. The van der Waals surface area contributed by atoms with Crippen LogP contribution in [0, 0.1) is 0 Å². The van der Waals surface area contributed by atoms with Crippen LogP contribution in [0.25, 0.3) is 0 Å². The van der Waals surface area contributed by atoms with E-state index in [9.17, 15) is 4.79 Å². The zero-order valence-electron chi connectivity index (χ0n) is 9.45. The summed E-state index contributed by atoms with van der Waals surface area (Å²) in [4.78, 5) is 15.9. The first-order valence-corrected chi connectivity index (χ1v) is 6.63. The summed E-state index contributed by atoms with van der Waals surface area (Å²) in [6, 6.07) is 0. The third-order valence-corrected chi connectivity index (χ3v) is 3.60. The maximum absolute atomic E-state index is 11.7. The minimum atomic E-state index is 0.283. The minimum Gasteiger partial charge on any atom is -0.339 e. The van der Waals surface area contributed by atoms with E-state index >= 15 is 0 Å². The van der Waals surface area contributed by atoms with Crippen LogP contribution in [-0.4, -0.2) is 67.0 Å². The van der Waals surface area contributed by atoms with E-state index in [4.69, 9.17) is 5.73 Å². The number of piperazine rings is 1. The number of carbonyl (C=O) groups is 1. The normalized spacial score (nSPS) is 18.1. The van der Waals surface area contributed by atoms with Crippen LogP contribution >= 0.6 is 11.8 Å². The number of carbonyl (C=O) groups excluding carboxylic acids is 1. The quantitative estimate of drug-likeness (QED) is 0.668. The molecule has 0 aromatic heterocycles. The Morgan fingerprint density at radius 1 is 1.33 bits per heavy atom. The van der Waals surface area contributed by atoms with Crippen molar-refractivity contribution < 1.29 is 4.79 Å². The Bertz CT molecular complexity index is 193. The lowest BCUT2D eigenvalue weighted by atomic mass is 10.3. The second-order valence-electron chi connectivity index (χ2n) is 3.88. The largest absolute Gasteiger partial charge is 0.339 e. The molecule has 0 spiro atoms. The summed E-state index contributed by atoms with van der Waals surface area (Å²) < 4.78 is 0. The van der Waals surface area contributed by atoms with Crippen molar-refractivity contribution in [1.82, 2.24) is 9.80 Å². The molecule has 1 aliphatic heterocycles. The molecule has 88 valence electrons. The highest BCUT2D eigenvalue weighted by Gasteiger charge is 2.18. The molecule has 0 aliphatic carbocycles. The summed E-state index contributed by atoms with van der Waals surface area (Å²) in [7, 11) is 2.10. The van der Waals surface area contributed by atoms with Crippen molar-refractivity contribution in [2.24, 2.45) is 5.73 Å². The highest BCUT2D eigenvalue weighted by Crippen LogP contribution is 2.06. The number of nitrogens with two attached hydrogens (primary N) is 1. The van der Waals surface area contributed by atoms with Gasteiger partial charge in [0, 0.05) is 26.2 Å². The maximum atomic E-state index is 11.7. The Kier molecular flexibility index (Phi) is 6.05. The van der Waals surface area contributed by atoms with Crippen LogP contribution < -0.4 is 5.73 Å². The average molecular weight is 231 g/mol. The molecule has 0 radical (unpaired) electrons. The lowest BCUT2D eigenvalue weighted by Gasteiger charge is -2.32. The molecule has 1 aliphatic rings. The molecule has 0 aromatic carbocycles. The molecule has 0 atom stereocenters. The average Bonchev–Trinajstić information content (AvgIpc) is 2.25. The highest BCUT2D eigenvalue weighted by atomic mass is 32.2. The molecule has 1 fully saturated rings. The number of nitrogens with zero attached hydrogens (tertiary/aromatic N) is 2. The molecule has 1 rings (SSSR count). The molecule has 4 nitrogen and oxygen atoms in total. The number of hydrogen-bond donors (Lipinski definition) is 1. The second kappa shape index (κ2) is 7.09. The van der Waals surface area contributed by atoms with Crippen molar-refractivity contribution in [3.8, 4) is 0 Å². The van der Waals surface area contributed by atoms with Crippen LogP contribution in [-0.2, 0) is 4.79 Å². The Balaban J connectivity index is 2.11. The SMILES string of the molecule is CN1CCN(C(=O)CSCCCN)CC1. The first-order valence-electron chi connectivity index (χ1n) is 5.48. The minimum absolute atomic E-state index is 0.283. The molecular weight excluding hydrogens is 210 g/mol. The Morgan fingerprint density at radius 3 is 2.60 bits per heavy atom. The standard InChI is InChI=1S/C10H21N3OS/c1-12-4-6-13(7-5-12)10(14)9-15-8-2-3-11/h2-9,11H2,1H3. The van der Waals surface area contributed by atoms with Gasteiger partial charge >= 0.3 is 0 Å². The summed E-state index contributed by atoms with van der Waals surface area (Å²) in [6.45, 7) is 4.48. The van der Waals surface area contributed by atoms with Gasteiger partial charge in [0.05, 0.1) is 5.75 Å². The molecule has 1 saturated heterocycles. The van der Waals surface area contributed by atoms with Crippen LogP contribution in [0.3, 0.4) is 0 Å². The van der Waals surface area contributed by atoms with Gasteiger partial charge < -0.3 is 15.5 Å². The van der Waals surface area contributed by atoms with E-state index in [0.717, 1.165) is 44.9 Å². The molecule has 0 unspecified atom stereocenters. The van der Waals surface area contributed by atoms with E-state index in [0.29, 0.717) is 5.75 Å². The van der Waals surface area contributed by atoms with E-state index in [1.807, 2.05) is 4.90 Å². The molecule has 1 amide bonds. The first-order chi connectivity index (χ1) is 7.24. The lowest BCUT2D eigenvalue weighted by molar-refractivity contribution is -0.129. The second-order valence-corrected chi connectivity index (χ2v) is 4.98. The predicted molar refractivity (Wildman–Crippen MR) is 65.1 cm³/mol. The van der Waals surface area contributed by atoms with Crippen molar-refractivity contribution in [2.75, 3.05) is 51.3 Å². The van der Waals surface area contributed by atoms with Crippen molar-refractivity contribution in [2.45, 2.75) is 6.42 Å². The fraction of sp³-hybridized carbons (Fsp3) is 0.900. The van der Waals surface area contributed by atoms with Crippen LogP contribution in [0.5, 0.6) is 0 Å². The van der Waals surface area contributed by atoms with Gasteiger partial charge in [-0.3, -0.25) is 4.79 Å². The Hall–Kier alpha value is -0.260. The number of likely N-dealkylation sites (N-methyl/N-ethyl adjacent to an activating group) is 1. The fourth-order valence-corrected chi connectivity index (χ4v) is 2.36.